The molecule has 0 aromatic carbocycles. The van der Waals surface area contributed by atoms with Gasteiger partial charge >= 0.3 is 0 Å². The minimum absolute atomic E-state index is 0.0776. The molecule has 0 unspecified atom stereocenters. The molecule has 0 spiro atoms. The van der Waals surface area contributed by atoms with E-state index >= 15 is 0 Å². The number of nitrogens with zero attached hydrogens (tertiary/aromatic N) is 4. The standard InChI is InChI=1S/C17H22N4O3/c1-24-11-10-20-9-7-19-16(20)13-4-3-8-21(12-13)17(23)15-14(22)5-2-6-18-15/h2,5-7,9,13,22H,3-4,8,10-12H2,1H3/t13-/m0/s1. The van der Waals surface area contributed by atoms with Crippen molar-refractivity contribution in [3.05, 3.63) is 42.2 Å². The van der Waals surface area contributed by atoms with E-state index < -0.39 is 0 Å². The largest absolute Gasteiger partial charge is 0.505 e. The van der Waals surface area contributed by atoms with Gasteiger partial charge < -0.3 is 19.3 Å². The number of amides is 1. The summed E-state index contributed by atoms with van der Waals surface area (Å²) in [6.45, 7) is 2.63. The molecule has 7 nitrogen and oxygen atoms in total. The number of carbonyl (C=O) groups excluding carboxylic acids is 1. The topological polar surface area (TPSA) is 80.5 Å². The maximum atomic E-state index is 12.6. The fourth-order valence-corrected chi connectivity index (χ4v) is 3.14. The number of aromatic hydroxyl groups is 1. The van der Waals surface area contributed by atoms with E-state index in [0.717, 1.165) is 25.2 Å². The number of imidazole rings is 1. The zero-order valence-corrected chi connectivity index (χ0v) is 13.8. The molecular weight excluding hydrogens is 308 g/mol. The van der Waals surface area contributed by atoms with Crippen molar-refractivity contribution in [2.75, 3.05) is 26.8 Å². The Kier molecular flexibility index (Phi) is 5.10. The van der Waals surface area contributed by atoms with Crippen LogP contribution in [0.2, 0.25) is 0 Å². The predicted octanol–water partition coefficient (Wildman–Crippen LogP) is 1.65. The first-order valence-corrected chi connectivity index (χ1v) is 8.14. The van der Waals surface area contributed by atoms with Crippen LogP contribution < -0.4 is 0 Å². The van der Waals surface area contributed by atoms with Crippen molar-refractivity contribution >= 4 is 5.91 Å². The van der Waals surface area contributed by atoms with Crippen LogP contribution in [0.5, 0.6) is 5.75 Å². The lowest BCUT2D eigenvalue weighted by Gasteiger charge is -2.32. The summed E-state index contributed by atoms with van der Waals surface area (Å²) in [5.74, 6) is 0.856. The van der Waals surface area contributed by atoms with Crippen molar-refractivity contribution in [1.82, 2.24) is 19.4 Å². The van der Waals surface area contributed by atoms with Gasteiger partial charge in [-0.3, -0.25) is 4.79 Å². The Morgan fingerprint density at radius 1 is 1.42 bits per heavy atom. The first-order chi connectivity index (χ1) is 11.7. The lowest BCUT2D eigenvalue weighted by molar-refractivity contribution is 0.0693. The minimum Gasteiger partial charge on any atom is -0.505 e. The van der Waals surface area contributed by atoms with Gasteiger partial charge in [-0.15, -0.1) is 0 Å². The molecule has 1 atom stereocenters. The van der Waals surface area contributed by atoms with Crippen LogP contribution in [0.25, 0.3) is 0 Å². The van der Waals surface area contributed by atoms with Gasteiger partial charge in [0.2, 0.25) is 0 Å². The Balaban J connectivity index is 1.74. The molecule has 7 heteroatoms. The molecule has 1 aliphatic rings. The van der Waals surface area contributed by atoms with E-state index in [1.165, 1.54) is 12.3 Å². The van der Waals surface area contributed by atoms with E-state index in [4.69, 9.17) is 4.74 Å². The third kappa shape index (κ3) is 3.41. The van der Waals surface area contributed by atoms with E-state index in [-0.39, 0.29) is 23.3 Å². The summed E-state index contributed by atoms with van der Waals surface area (Å²) in [5, 5.41) is 9.86. The maximum Gasteiger partial charge on any atom is 0.276 e. The molecule has 0 saturated carbocycles. The first-order valence-electron chi connectivity index (χ1n) is 8.14. The Morgan fingerprint density at radius 3 is 3.08 bits per heavy atom. The van der Waals surface area contributed by atoms with E-state index in [2.05, 4.69) is 14.5 Å². The zero-order valence-electron chi connectivity index (χ0n) is 13.8. The number of pyridine rings is 1. The molecule has 1 N–H and O–H groups in total. The number of ether oxygens (including phenoxy) is 1. The van der Waals surface area contributed by atoms with Crippen LogP contribution in [-0.4, -0.2) is 57.3 Å². The highest BCUT2D eigenvalue weighted by Crippen LogP contribution is 2.27. The molecule has 3 heterocycles. The fraction of sp³-hybridized carbons (Fsp3) is 0.471. The smallest absolute Gasteiger partial charge is 0.276 e. The number of methoxy groups -OCH3 is 1. The van der Waals surface area contributed by atoms with Gasteiger partial charge in [-0.2, -0.15) is 0 Å². The third-order valence-corrected chi connectivity index (χ3v) is 4.35. The van der Waals surface area contributed by atoms with Gasteiger partial charge in [-0.1, -0.05) is 0 Å². The predicted molar refractivity (Wildman–Crippen MR) is 87.9 cm³/mol. The Morgan fingerprint density at radius 2 is 2.29 bits per heavy atom. The quantitative estimate of drug-likeness (QED) is 0.901. The van der Waals surface area contributed by atoms with Crippen molar-refractivity contribution < 1.29 is 14.6 Å². The van der Waals surface area contributed by atoms with Crippen LogP contribution in [0.15, 0.2) is 30.7 Å². The molecule has 1 amide bonds. The van der Waals surface area contributed by atoms with Crippen molar-refractivity contribution in [1.29, 1.82) is 0 Å². The number of rotatable bonds is 5. The van der Waals surface area contributed by atoms with Gasteiger partial charge in [0.25, 0.3) is 5.91 Å². The molecule has 0 bridgehead atoms. The number of carbonyl (C=O) groups is 1. The molecule has 3 rings (SSSR count). The third-order valence-electron chi connectivity index (χ3n) is 4.35. The second-order valence-corrected chi connectivity index (χ2v) is 5.93. The second-order valence-electron chi connectivity index (χ2n) is 5.93. The van der Waals surface area contributed by atoms with Crippen LogP contribution in [0, 0.1) is 0 Å². The molecule has 0 aliphatic carbocycles. The molecule has 24 heavy (non-hydrogen) atoms. The zero-order chi connectivity index (χ0) is 16.9. The summed E-state index contributed by atoms with van der Waals surface area (Å²) < 4.78 is 7.22. The summed E-state index contributed by atoms with van der Waals surface area (Å²) in [4.78, 5) is 22.9. The molecule has 1 saturated heterocycles. The summed E-state index contributed by atoms with van der Waals surface area (Å²) in [5.41, 5.74) is 0.112. The average molecular weight is 330 g/mol. The van der Waals surface area contributed by atoms with Gasteiger partial charge in [-0.05, 0) is 25.0 Å². The van der Waals surface area contributed by atoms with Crippen molar-refractivity contribution in [3.8, 4) is 5.75 Å². The monoisotopic (exact) mass is 330 g/mol. The molecule has 2 aromatic heterocycles. The van der Waals surface area contributed by atoms with E-state index in [1.807, 2.05) is 6.20 Å². The Bertz CT molecular complexity index is 701. The summed E-state index contributed by atoms with van der Waals surface area (Å²) in [6, 6.07) is 3.09. The molecule has 1 aliphatic heterocycles. The Hall–Kier alpha value is -2.41. The average Bonchev–Trinajstić information content (AvgIpc) is 3.08. The molecule has 128 valence electrons. The highest BCUT2D eigenvalue weighted by Gasteiger charge is 2.29. The SMILES string of the molecule is COCCn1ccnc1[C@H]1CCCN(C(=O)c2ncccc2O)C1. The molecule has 2 aromatic rings. The van der Waals surface area contributed by atoms with Gasteiger partial charge in [0, 0.05) is 51.3 Å². The van der Waals surface area contributed by atoms with Crippen molar-refractivity contribution in [2.45, 2.75) is 25.3 Å². The first kappa shape index (κ1) is 16.4. The molecule has 1 fully saturated rings. The van der Waals surface area contributed by atoms with E-state index in [0.29, 0.717) is 19.7 Å². The lowest BCUT2D eigenvalue weighted by Crippen LogP contribution is -2.40. The van der Waals surface area contributed by atoms with Crippen LogP contribution in [0.3, 0.4) is 0 Å². The molecule has 0 radical (unpaired) electrons. The lowest BCUT2D eigenvalue weighted by atomic mass is 9.96. The van der Waals surface area contributed by atoms with Crippen LogP contribution in [-0.2, 0) is 11.3 Å². The second kappa shape index (κ2) is 7.44. The van der Waals surface area contributed by atoms with Gasteiger partial charge in [0.1, 0.15) is 11.6 Å². The number of aromatic nitrogens is 3. The highest BCUT2D eigenvalue weighted by atomic mass is 16.5. The van der Waals surface area contributed by atoms with E-state index in [9.17, 15) is 9.90 Å². The highest BCUT2D eigenvalue weighted by molar-refractivity contribution is 5.94. The van der Waals surface area contributed by atoms with E-state index in [1.54, 1.807) is 24.3 Å². The maximum absolute atomic E-state index is 12.6. The van der Waals surface area contributed by atoms with Gasteiger partial charge in [0.05, 0.1) is 6.61 Å². The van der Waals surface area contributed by atoms with Gasteiger partial charge in [-0.25, -0.2) is 9.97 Å². The van der Waals surface area contributed by atoms with Crippen LogP contribution in [0.4, 0.5) is 0 Å². The summed E-state index contributed by atoms with van der Waals surface area (Å²) >= 11 is 0. The number of likely N-dealkylation sites (tertiary alicyclic amines) is 1. The fourth-order valence-electron chi connectivity index (χ4n) is 3.14. The minimum atomic E-state index is -0.229. The number of hydrogen-bond donors (Lipinski definition) is 1. The Labute approximate surface area is 140 Å². The summed E-state index contributed by atoms with van der Waals surface area (Å²) in [6.07, 6.45) is 7.14. The molecular formula is C17H22N4O3. The van der Waals surface area contributed by atoms with Crippen molar-refractivity contribution in [3.63, 3.8) is 0 Å². The number of hydrogen-bond acceptors (Lipinski definition) is 5. The van der Waals surface area contributed by atoms with Crippen LogP contribution in [0.1, 0.15) is 35.1 Å². The summed E-state index contributed by atoms with van der Waals surface area (Å²) in [7, 11) is 1.68. The normalized spacial score (nSPS) is 17.9. The van der Waals surface area contributed by atoms with Crippen molar-refractivity contribution in [2.24, 2.45) is 0 Å². The number of piperidine rings is 1. The van der Waals surface area contributed by atoms with Crippen LogP contribution >= 0.6 is 0 Å². The van der Waals surface area contributed by atoms with Gasteiger partial charge in [0.15, 0.2) is 5.69 Å².